The van der Waals surface area contributed by atoms with E-state index in [1.54, 1.807) is 6.92 Å². The van der Waals surface area contributed by atoms with E-state index in [1.165, 1.54) is 36.1 Å². The average Bonchev–Trinajstić information content (AvgIpc) is 2.69. The third-order valence-electron chi connectivity index (χ3n) is 6.55. The fourth-order valence-corrected chi connectivity index (χ4v) is 4.66. The molecule has 1 N–H and O–H groups in total. The lowest BCUT2D eigenvalue weighted by Crippen LogP contribution is -2.15. The molecule has 2 unspecified atom stereocenters. The number of rotatable bonds is 15. The highest BCUT2D eigenvalue weighted by Gasteiger charge is 2.22. The van der Waals surface area contributed by atoms with E-state index in [1.807, 2.05) is 0 Å². The van der Waals surface area contributed by atoms with Gasteiger partial charge in [-0.3, -0.25) is 4.98 Å². The number of nitrogens with zero attached hydrogens (tertiary/aromatic N) is 1. The standard InChI is InChI=1S/C27H48FNO/c1-8-10-12-17-24-23(16-14-11-13-15-22(9-2)21(7)28)25(18-30)27(20(5)6)29-26(24)19(3)4/h19-22,30H,8-18H2,1-7H3. The van der Waals surface area contributed by atoms with Crippen molar-refractivity contribution in [1.82, 2.24) is 4.98 Å². The smallest absolute Gasteiger partial charge is 0.100 e. The third-order valence-corrected chi connectivity index (χ3v) is 6.55. The highest BCUT2D eigenvalue weighted by molar-refractivity contribution is 5.43. The molecule has 1 rings (SSSR count). The molecule has 0 bridgehead atoms. The van der Waals surface area contributed by atoms with Gasteiger partial charge in [0.25, 0.3) is 0 Å². The van der Waals surface area contributed by atoms with Crippen molar-refractivity contribution in [1.29, 1.82) is 0 Å². The lowest BCUT2D eigenvalue weighted by atomic mass is 9.86. The topological polar surface area (TPSA) is 33.1 Å². The molecule has 174 valence electrons. The highest BCUT2D eigenvalue weighted by atomic mass is 19.1. The number of halogens is 1. The van der Waals surface area contributed by atoms with Gasteiger partial charge in [0.15, 0.2) is 0 Å². The van der Waals surface area contributed by atoms with Gasteiger partial charge >= 0.3 is 0 Å². The molecule has 1 aromatic rings. The van der Waals surface area contributed by atoms with Gasteiger partial charge in [-0.15, -0.1) is 0 Å². The maximum atomic E-state index is 13.6. The molecule has 0 saturated carbocycles. The van der Waals surface area contributed by atoms with E-state index >= 15 is 0 Å². The molecule has 0 fully saturated rings. The number of unbranched alkanes of at least 4 members (excludes halogenated alkanes) is 4. The summed E-state index contributed by atoms with van der Waals surface area (Å²) in [4.78, 5) is 5.08. The number of aliphatic hydroxyl groups excluding tert-OH is 1. The summed E-state index contributed by atoms with van der Waals surface area (Å²) in [7, 11) is 0. The first-order chi connectivity index (χ1) is 14.3. The molecular formula is C27H48FNO. The summed E-state index contributed by atoms with van der Waals surface area (Å²) in [6.07, 6.45) is 10.2. The second-order valence-electron chi connectivity index (χ2n) is 9.69. The van der Waals surface area contributed by atoms with Gasteiger partial charge in [-0.05, 0) is 67.9 Å². The highest BCUT2D eigenvalue weighted by Crippen LogP contribution is 2.32. The van der Waals surface area contributed by atoms with Crippen molar-refractivity contribution < 1.29 is 9.50 Å². The number of hydrogen-bond acceptors (Lipinski definition) is 2. The van der Waals surface area contributed by atoms with E-state index in [4.69, 9.17) is 4.98 Å². The van der Waals surface area contributed by atoms with Crippen LogP contribution in [0.15, 0.2) is 0 Å². The summed E-state index contributed by atoms with van der Waals surface area (Å²) < 4.78 is 13.6. The molecule has 0 spiro atoms. The van der Waals surface area contributed by atoms with Gasteiger partial charge in [-0.25, -0.2) is 4.39 Å². The summed E-state index contributed by atoms with van der Waals surface area (Å²) in [6, 6.07) is 0. The van der Waals surface area contributed by atoms with Crippen LogP contribution in [0.5, 0.6) is 0 Å². The number of alkyl halides is 1. The van der Waals surface area contributed by atoms with E-state index < -0.39 is 6.17 Å². The first kappa shape index (κ1) is 27.1. The summed E-state index contributed by atoms with van der Waals surface area (Å²) in [5, 5.41) is 10.3. The van der Waals surface area contributed by atoms with Crippen LogP contribution in [0.4, 0.5) is 4.39 Å². The minimum absolute atomic E-state index is 0.0757. The first-order valence-electron chi connectivity index (χ1n) is 12.6. The molecule has 2 atom stereocenters. The Morgan fingerprint density at radius 2 is 1.33 bits per heavy atom. The molecule has 0 aliphatic carbocycles. The molecule has 0 radical (unpaired) electrons. The lowest BCUT2D eigenvalue weighted by Gasteiger charge is -2.24. The Balaban J connectivity index is 3.08. The maximum Gasteiger partial charge on any atom is 0.100 e. The van der Waals surface area contributed by atoms with Gasteiger partial charge in [-0.2, -0.15) is 0 Å². The molecule has 2 nitrogen and oxygen atoms in total. The summed E-state index contributed by atoms with van der Waals surface area (Å²) in [5.74, 6) is 0.898. The van der Waals surface area contributed by atoms with Crippen molar-refractivity contribution in [3.05, 3.63) is 28.1 Å². The van der Waals surface area contributed by atoms with Crippen molar-refractivity contribution in [2.45, 2.75) is 137 Å². The molecule has 3 heteroatoms. The predicted molar refractivity (Wildman–Crippen MR) is 128 cm³/mol. The average molecular weight is 422 g/mol. The van der Waals surface area contributed by atoms with E-state index in [2.05, 4.69) is 41.5 Å². The van der Waals surface area contributed by atoms with E-state index in [0.29, 0.717) is 11.8 Å². The maximum absolute atomic E-state index is 13.6. The van der Waals surface area contributed by atoms with Gasteiger partial charge in [0.05, 0.1) is 6.61 Å². The SMILES string of the molecule is CCCCCc1c(C(C)C)nc(C(C)C)c(CO)c1CCCCCC(CC)C(C)F. The van der Waals surface area contributed by atoms with Gasteiger partial charge in [-0.1, -0.05) is 73.6 Å². The Bertz CT molecular complexity index is 609. The molecule has 0 aliphatic rings. The van der Waals surface area contributed by atoms with Crippen molar-refractivity contribution in [2.75, 3.05) is 0 Å². The summed E-state index contributed by atoms with van der Waals surface area (Å²) in [5.41, 5.74) is 6.15. The Hall–Kier alpha value is -0.960. The Kier molecular flexibility index (Phi) is 12.8. The van der Waals surface area contributed by atoms with Gasteiger partial charge in [0.2, 0.25) is 0 Å². The van der Waals surface area contributed by atoms with Crippen molar-refractivity contribution in [3.63, 3.8) is 0 Å². The first-order valence-corrected chi connectivity index (χ1v) is 12.6. The molecule has 0 saturated heterocycles. The van der Waals surface area contributed by atoms with Crippen molar-refractivity contribution >= 4 is 0 Å². The van der Waals surface area contributed by atoms with Crippen molar-refractivity contribution in [2.24, 2.45) is 5.92 Å². The Morgan fingerprint density at radius 1 is 0.767 bits per heavy atom. The minimum atomic E-state index is -0.705. The van der Waals surface area contributed by atoms with Crippen LogP contribution in [0.25, 0.3) is 0 Å². The van der Waals surface area contributed by atoms with Gasteiger partial charge in [0.1, 0.15) is 6.17 Å². The zero-order valence-corrected chi connectivity index (χ0v) is 20.9. The predicted octanol–water partition coefficient (Wildman–Crippen LogP) is 8.04. The molecule has 1 aromatic heterocycles. The molecule has 0 aromatic carbocycles. The second-order valence-corrected chi connectivity index (χ2v) is 9.69. The number of hydrogen-bond donors (Lipinski definition) is 1. The van der Waals surface area contributed by atoms with Crippen LogP contribution in [-0.2, 0) is 19.4 Å². The molecule has 1 heterocycles. The molecule has 0 aliphatic heterocycles. The quantitative estimate of drug-likeness (QED) is 0.291. The summed E-state index contributed by atoms with van der Waals surface area (Å²) in [6.45, 7) is 14.9. The van der Waals surface area contributed by atoms with E-state index in [9.17, 15) is 9.50 Å². The molecule has 0 amide bonds. The third kappa shape index (κ3) is 7.94. The molecule has 30 heavy (non-hydrogen) atoms. The van der Waals surface area contributed by atoms with Crippen LogP contribution in [0.1, 0.15) is 140 Å². The van der Waals surface area contributed by atoms with Gasteiger partial charge < -0.3 is 5.11 Å². The zero-order chi connectivity index (χ0) is 22.7. The number of aromatic nitrogens is 1. The van der Waals surface area contributed by atoms with Crippen LogP contribution >= 0.6 is 0 Å². The van der Waals surface area contributed by atoms with Gasteiger partial charge in [0, 0.05) is 17.0 Å². The monoisotopic (exact) mass is 421 g/mol. The number of aliphatic hydroxyl groups is 1. The fourth-order valence-electron chi connectivity index (χ4n) is 4.66. The summed E-state index contributed by atoms with van der Waals surface area (Å²) >= 11 is 0. The Labute approximate surface area is 186 Å². The van der Waals surface area contributed by atoms with Crippen LogP contribution in [0, 0.1) is 5.92 Å². The van der Waals surface area contributed by atoms with Crippen molar-refractivity contribution in [3.8, 4) is 0 Å². The normalized spacial score (nSPS) is 14.0. The largest absolute Gasteiger partial charge is 0.392 e. The van der Waals surface area contributed by atoms with Crippen LogP contribution in [0.3, 0.4) is 0 Å². The van der Waals surface area contributed by atoms with Crippen LogP contribution in [-0.4, -0.2) is 16.3 Å². The van der Waals surface area contributed by atoms with Crippen LogP contribution in [0.2, 0.25) is 0 Å². The van der Waals surface area contributed by atoms with Crippen LogP contribution < -0.4 is 0 Å². The lowest BCUT2D eigenvalue weighted by molar-refractivity contribution is 0.226. The minimum Gasteiger partial charge on any atom is -0.392 e. The zero-order valence-electron chi connectivity index (χ0n) is 20.9. The molecular weight excluding hydrogens is 373 g/mol. The fraction of sp³-hybridized carbons (Fsp3) is 0.815. The van der Waals surface area contributed by atoms with E-state index in [0.717, 1.165) is 56.2 Å². The Morgan fingerprint density at radius 3 is 1.83 bits per heavy atom. The van der Waals surface area contributed by atoms with E-state index in [-0.39, 0.29) is 12.5 Å². The second kappa shape index (κ2) is 14.2. The number of pyridine rings is 1.